The molecule has 1 aromatic rings. The van der Waals surface area contributed by atoms with Gasteiger partial charge in [0, 0.05) is 10.4 Å². The van der Waals surface area contributed by atoms with Gasteiger partial charge in [-0.05, 0) is 24.5 Å². The molecule has 0 bridgehead atoms. The van der Waals surface area contributed by atoms with Gasteiger partial charge in [0.05, 0.1) is 6.10 Å². The van der Waals surface area contributed by atoms with E-state index in [2.05, 4.69) is 28.1 Å². The molecule has 0 aromatic heterocycles. The number of hydrogen-bond acceptors (Lipinski definition) is 1. The topological polar surface area (TPSA) is 20.2 Å². The predicted molar refractivity (Wildman–Crippen MR) is 61.0 cm³/mol. The van der Waals surface area contributed by atoms with E-state index < -0.39 is 0 Å². The summed E-state index contributed by atoms with van der Waals surface area (Å²) in [5.41, 5.74) is 0.990. The van der Waals surface area contributed by atoms with Gasteiger partial charge >= 0.3 is 0 Å². The van der Waals surface area contributed by atoms with Crippen molar-refractivity contribution in [3.05, 3.63) is 46.5 Å². The van der Waals surface area contributed by atoms with Gasteiger partial charge in [0.25, 0.3) is 0 Å². The van der Waals surface area contributed by atoms with E-state index in [-0.39, 0.29) is 12.0 Å². The summed E-state index contributed by atoms with van der Waals surface area (Å²) in [6.07, 6.45) is 6.04. The van der Waals surface area contributed by atoms with Crippen molar-refractivity contribution in [2.75, 3.05) is 0 Å². The molecule has 74 valence electrons. The van der Waals surface area contributed by atoms with Crippen LogP contribution < -0.4 is 0 Å². The van der Waals surface area contributed by atoms with E-state index in [0.29, 0.717) is 0 Å². The van der Waals surface area contributed by atoms with Gasteiger partial charge in [-0.25, -0.2) is 0 Å². The van der Waals surface area contributed by atoms with Gasteiger partial charge in [0.2, 0.25) is 0 Å². The van der Waals surface area contributed by atoms with Crippen molar-refractivity contribution in [3.63, 3.8) is 0 Å². The van der Waals surface area contributed by atoms with E-state index in [1.165, 1.54) is 0 Å². The lowest BCUT2D eigenvalue weighted by molar-refractivity contribution is 0.130. The molecular weight excluding hydrogens is 240 g/mol. The zero-order chi connectivity index (χ0) is 9.97. The van der Waals surface area contributed by atoms with Crippen LogP contribution in [0.25, 0.3) is 0 Å². The summed E-state index contributed by atoms with van der Waals surface area (Å²) in [5.74, 6) is 0.286. The summed E-state index contributed by atoms with van der Waals surface area (Å²) in [7, 11) is 0. The first-order valence-corrected chi connectivity index (χ1v) is 5.67. The summed E-state index contributed by atoms with van der Waals surface area (Å²) in [6, 6.07) is 7.87. The van der Waals surface area contributed by atoms with Crippen LogP contribution in [0.2, 0.25) is 0 Å². The molecule has 0 unspecified atom stereocenters. The van der Waals surface area contributed by atoms with E-state index >= 15 is 0 Å². The Labute approximate surface area is 92.6 Å². The number of aliphatic hydroxyl groups is 1. The Morgan fingerprint density at radius 3 is 2.79 bits per heavy atom. The van der Waals surface area contributed by atoms with Gasteiger partial charge < -0.3 is 5.11 Å². The number of rotatable bonds is 2. The molecule has 14 heavy (non-hydrogen) atoms. The molecule has 0 amide bonds. The normalized spacial score (nSPS) is 22.6. The van der Waals surface area contributed by atoms with Crippen LogP contribution in [0.5, 0.6) is 0 Å². The highest BCUT2D eigenvalue weighted by Gasteiger charge is 2.21. The van der Waals surface area contributed by atoms with Crippen molar-refractivity contribution in [1.29, 1.82) is 0 Å². The van der Waals surface area contributed by atoms with Gasteiger partial charge in [-0.3, -0.25) is 0 Å². The molecule has 0 fully saturated rings. The molecule has 0 saturated carbocycles. The van der Waals surface area contributed by atoms with Crippen LogP contribution in [0.3, 0.4) is 0 Å². The second-order valence-corrected chi connectivity index (χ2v) is 4.49. The van der Waals surface area contributed by atoms with Crippen LogP contribution in [0.15, 0.2) is 40.9 Å². The Hall–Kier alpha value is -0.600. The molecule has 1 aromatic carbocycles. The van der Waals surface area contributed by atoms with Gasteiger partial charge in [-0.2, -0.15) is 0 Å². The Bertz CT molecular complexity index is 346. The number of halogens is 1. The first-order chi connectivity index (χ1) is 6.79. The van der Waals surface area contributed by atoms with Crippen LogP contribution in [-0.2, 0) is 0 Å². The molecule has 1 aliphatic rings. The van der Waals surface area contributed by atoms with E-state index in [1.807, 2.05) is 24.3 Å². The molecule has 0 saturated heterocycles. The van der Waals surface area contributed by atoms with Gasteiger partial charge in [0.15, 0.2) is 0 Å². The van der Waals surface area contributed by atoms with E-state index in [9.17, 15) is 5.11 Å². The lowest BCUT2D eigenvalue weighted by Gasteiger charge is -2.17. The third-order valence-corrected chi connectivity index (χ3v) is 3.40. The van der Waals surface area contributed by atoms with Crippen LogP contribution >= 0.6 is 15.9 Å². The predicted octanol–water partition coefficient (Wildman–Crippen LogP) is 3.45. The lowest BCUT2D eigenvalue weighted by Crippen LogP contribution is -2.08. The molecule has 2 atom stereocenters. The molecule has 0 radical (unpaired) electrons. The summed E-state index contributed by atoms with van der Waals surface area (Å²) < 4.78 is 0.993. The van der Waals surface area contributed by atoms with Crippen LogP contribution in [0.4, 0.5) is 0 Å². The number of benzene rings is 1. The van der Waals surface area contributed by atoms with Crippen molar-refractivity contribution < 1.29 is 5.11 Å². The quantitative estimate of drug-likeness (QED) is 0.800. The number of aliphatic hydroxyl groups excluding tert-OH is 1. The minimum atomic E-state index is -0.371. The lowest BCUT2D eigenvalue weighted by atomic mass is 9.95. The van der Waals surface area contributed by atoms with Crippen molar-refractivity contribution >= 4 is 15.9 Å². The van der Waals surface area contributed by atoms with E-state index in [4.69, 9.17) is 0 Å². The molecule has 1 aliphatic carbocycles. The Morgan fingerprint density at radius 1 is 1.36 bits per heavy atom. The van der Waals surface area contributed by atoms with Crippen LogP contribution in [-0.4, -0.2) is 5.11 Å². The Morgan fingerprint density at radius 2 is 2.14 bits per heavy atom. The Kier molecular flexibility index (Phi) is 3.04. The van der Waals surface area contributed by atoms with Crippen LogP contribution in [0.1, 0.15) is 24.5 Å². The molecule has 2 heteroatoms. The summed E-state index contributed by atoms with van der Waals surface area (Å²) in [6.45, 7) is 0. The average Bonchev–Trinajstić information content (AvgIpc) is 2.70. The van der Waals surface area contributed by atoms with Gasteiger partial charge in [0.1, 0.15) is 0 Å². The second-order valence-electron chi connectivity index (χ2n) is 3.64. The zero-order valence-electron chi connectivity index (χ0n) is 7.86. The highest BCUT2D eigenvalue weighted by atomic mass is 79.9. The average molecular weight is 253 g/mol. The van der Waals surface area contributed by atoms with E-state index in [0.717, 1.165) is 22.9 Å². The summed E-state index contributed by atoms with van der Waals surface area (Å²) >= 11 is 3.46. The maximum absolute atomic E-state index is 10.1. The summed E-state index contributed by atoms with van der Waals surface area (Å²) in [5, 5.41) is 10.1. The molecule has 0 heterocycles. The van der Waals surface area contributed by atoms with E-state index in [1.54, 1.807) is 0 Å². The summed E-state index contributed by atoms with van der Waals surface area (Å²) in [4.78, 5) is 0. The fourth-order valence-electron chi connectivity index (χ4n) is 1.86. The monoisotopic (exact) mass is 252 g/mol. The SMILES string of the molecule is O[C@H](c1ccccc1Br)[C@H]1C=CCC1. The molecule has 2 rings (SSSR count). The minimum absolute atomic E-state index is 0.286. The molecule has 0 spiro atoms. The van der Waals surface area contributed by atoms with Crippen LogP contribution in [0, 0.1) is 5.92 Å². The van der Waals surface area contributed by atoms with Gasteiger partial charge in [-0.1, -0.05) is 46.3 Å². The Balaban J connectivity index is 2.22. The number of hydrogen-bond donors (Lipinski definition) is 1. The molecular formula is C12H13BrO. The maximum atomic E-state index is 10.1. The molecule has 0 aliphatic heterocycles. The first kappa shape index (κ1) is 9.94. The minimum Gasteiger partial charge on any atom is -0.388 e. The molecule has 1 N–H and O–H groups in total. The zero-order valence-corrected chi connectivity index (χ0v) is 9.44. The smallest absolute Gasteiger partial charge is 0.0863 e. The third-order valence-electron chi connectivity index (χ3n) is 2.68. The highest BCUT2D eigenvalue weighted by Crippen LogP contribution is 2.34. The standard InChI is InChI=1S/C12H13BrO/c13-11-8-4-3-7-10(11)12(14)9-5-1-2-6-9/h1,3-5,7-9,12,14H,2,6H2/t9-,12-/m0/s1. The fraction of sp³-hybridized carbons (Fsp3) is 0.333. The van der Waals surface area contributed by atoms with Crippen molar-refractivity contribution in [2.45, 2.75) is 18.9 Å². The third kappa shape index (κ3) is 1.91. The second kappa shape index (κ2) is 4.28. The van der Waals surface area contributed by atoms with Crippen molar-refractivity contribution in [2.24, 2.45) is 5.92 Å². The number of allylic oxidation sites excluding steroid dienone is 1. The van der Waals surface area contributed by atoms with Crippen molar-refractivity contribution in [3.8, 4) is 0 Å². The largest absolute Gasteiger partial charge is 0.388 e. The first-order valence-electron chi connectivity index (χ1n) is 4.88. The van der Waals surface area contributed by atoms with Gasteiger partial charge in [-0.15, -0.1) is 0 Å². The van der Waals surface area contributed by atoms with Crippen molar-refractivity contribution in [1.82, 2.24) is 0 Å². The molecule has 1 nitrogen and oxygen atoms in total. The highest BCUT2D eigenvalue weighted by molar-refractivity contribution is 9.10. The maximum Gasteiger partial charge on any atom is 0.0863 e. The fourth-order valence-corrected chi connectivity index (χ4v) is 2.38.